The number of pyridine rings is 1. The van der Waals surface area contributed by atoms with Crippen LogP contribution >= 0.6 is 0 Å². The number of nitrogens with zero attached hydrogens (tertiary/aromatic N) is 2. The van der Waals surface area contributed by atoms with Gasteiger partial charge in [-0.15, -0.1) is 0 Å². The summed E-state index contributed by atoms with van der Waals surface area (Å²) in [6, 6.07) is 13.1. The van der Waals surface area contributed by atoms with Gasteiger partial charge in [0.1, 0.15) is 11.5 Å². The van der Waals surface area contributed by atoms with Gasteiger partial charge in [0.15, 0.2) is 0 Å². The van der Waals surface area contributed by atoms with E-state index in [1.165, 1.54) is 0 Å². The maximum Gasteiger partial charge on any atom is 0.274 e. The highest BCUT2D eigenvalue weighted by atomic mass is 16.1. The van der Waals surface area contributed by atoms with Crippen LogP contribution in [0.15, 0.2) is 42.5 Å². The van der Waals surface area contributed by atoms with Crippen LogP contribution < -0.4 is 10.2 Å². The van der Waals surface area contributed by atoms with E-state index in [0.717, 1.165) is 17.1 Å². The highest BCUT2D eigenvalue weighted by molar-refractivity contribution is 6.03. The van der Waals surface area contributed by atoms with Gasteiger partial charge < -0.3 is 10.2 Å². The lowest BCUT2D eigenvalue weighted by Gasteiger charge is -2.12. The molecule has 0 aliphatic carbocycles. The van der Waals surface area contributed by atoms with Crippen LogP contribution in [0.1, 0.15) is 16.1 Å². The van der Waals surface area contributed by atoms with Gasteiger partial charge >= 0.3 is 0 Å². The lowest BCUT2D eigenvalue weighted by atomic mass is 10.2. The van der Waals surface area contributed by atoms with E-state index >= 15 is 0 Å². The predicted molar refractivity (Wildman–Crippen MR) is 77.7 cm³/mol. The van der Waals surface area contributed by atoms with Crippen molar-refractivity contribution >= 4 is 17.4 Å². The average Bonchev–Trinajstić information content (AvgIpc) is 2.41. The first kappa shape index (κ1) is 13.1. The number of aromatic nitrogens is 1. The van der Waals surface area contributed by atoms with Crippen molar-refractivity contribution in [2.24, 2.45) is 0 Å². The molecule has 0 bridgehead atoms. The molecule has 0 aliphatic rings. The SMILES string of the molecule is Cc1ccc(NC(=O)c2cccc(N(C)C)n2)cc1. The second-order valence-electron chi connectivity index (χ2n) is 4.60. The molecule has 0 fully saturated rings. The molecule has 1 aromatic carbocycles. The number of hydrogen-bond donors (Lipinski definition) is 1. The zero-order valence-corrected chi connectivity index (χ0v) is 11.3. The fourth-order valence-corrected chi connectivity index (χ4v) is 1.63. The van der Waals surface area contributed by atoms with E-state index in [1.807, 2.05) is 62.3 Å². The number of anilines is 2. The van der Waals surface area contributed by atoms with E-state index in [1.54, 1.807) is 6.07 Å². The molecule has 19 heavy (non-hydrogen) atoms. The summed E-state index contributed by atoms with van der Waals surface area (Å²) in [5, 5.41) is 2.83. The molecule has 0 spiro atoms. The largest absolute Gasteiger partial charge is 0.363 e. The van der Waals surface area contributed by atoms with Gasteiger partial charge in [0.05, 0.1) is 0 Å². The van der Waals surface area contributed by atoms with Crippen LogP contribution in [0, 0.1) is 6.92 Å². The smallest absolute Gasteiger partial charge is 0.274 e. The van der Waals surface area contributed by atoms with Crippen molar-refractivity contribution < 1.29 is 4.79 Å². The molecule has 0 saturated heterocycles. The Morgan fingerprint density at radius 3 is 2.42 bits per heavy atom. The van der Waals surface area contributed by atoms with Crippen LogP contribution in [-0.4, -0.2) is 25.0 Å². The number of amides is 1. The second-order valence-corrected chi connectivity index (χ2v) is 4.60. The number of carbonyl (C=O) groups is 1. The van der Waals surface area contributed by atoms with Crippen molar-refractivity contribution in [2.45, 2.75) is 6.92 Å². The Labute approximate surface area is 113 Å². The van der Waals surface area contributed by atoms with Crippen molar-refractivity contribution in [2.75, 3.05) is 24.3 Å². The van der Waals surface area contributed by atoms with E-state index < -0.39 is 0 Å². The monoisotopic (exact) mass is 255 g/mol. The Kier molecular flexibility index (Phi) is 3.80. The van der Waals surface area contributed by atoms with Crippen molar-refractivity contribution in [3.63, 3.8) is 0 Å². The molecule has 4 heteroatoms. The molecule has 1 N–H and O–H groups in total. The Hall–Kier alpha value is -2.36. The molecule has 0 aliphatic heterocycles. The van der Waals surface area contributed by atoms with Crippen molar-refractivity contribution in [1.82, 2.24) is 4.98 Å². The van der Waals surface area contributed by atoms with Crippen LogP contribution in [-0.2, 0) is 0 Å². The van der Waals surface area contributed by atoms with Gasteiger partial charge in [-0.05, 0) is 31.2 Å². The van der Waals surface area contributed by atoms with Gasteiger partial charge in [0, 0.05) is 19.8 Å². The Bertz CT molecular complexity index is 576. The standard InChI is InChI=1S/C15H17N3O/c1-11-7-9-12(10-8-11)16-15(19)13-5-4-6-14(17-13)18(2)3/h4-10H,1-3H3,(H,16,19). The molecule has 2 aromatic rings. The summed E-state index contributed by atoms with van der Waals surface area (Å²) in [4.78, 5) is 18.2. The summed E-state index contributed by atoms with van der Waals surface area (Å²) in [5.41, 5.74) is 2.34. The summed E-state index contributed by atoms with van der Waals surface area (Å²) >= 11 is 0. The minimum atomic E-state index is -0.201. The van der Waals surface area contributed by atoms with Gasteiger partial charge in [-0.25, -0.2) is 4.98 Å². The van der Waals surface area contributed by atoms with Crippen LogP contribution in [0.4, 0.5) is 11.5 Å². The molecule has 0 unspecified atom stereocenters. The average molecular weight is 255 g/mol. The molecule has 98 valence electrons. The lowest BCUT2D eigenvalue weighted by Crippen LogP contribution is -2.17. The minimum Gasteiger partial charge on any atom is -0.363 e. The van der Waals surface area contributed by atoms with Crippen LogP contribution in [0.25, 0.3) is 0 Å². The number of rotatable bonds is 3. The molecule has 2 rings (SSSR count). The third-order valence-corrected chi connectivity index (χ3v) is 2.73. The number of nitrogens with one attached hydrogen (secondary N) is 1. The van der Waals surface area contributed by atoms with E-state index in [-0.39, 0.29) is 5.91 Å². The molecule has 0 saturated carbocycles. The molecular weight excluding hydrogens is 238 g/mol. The molecule has 1 aromatic heterocycles. The molecule has 0 radical (unpaired) electrons. The molecular formula is C15H17N3O. The van der Waals surface area contributed by atoms with Gasteiger partial charge in [0.25, 0.3) is 5.91 Å². The normalized spacial score (nSPS) is 10.1. The predicted octanol–water partition coefficient (Wildman–Crippen LogP) is 2.71. The minimum absolute atomic E-state index is 0.201. The zero-order chi connectivity index (χ0) is 13.8. The van der Waals surface area contributed by atoms with E-state index in [2.05, 4.69) is 10.3 Å². The Morgan fingerprint density at radius 2 is 1.79 bits per heavy atom. The fourth-order valence-electron chi connectivity index (χ4n) is 1.63. The summed E-state index contributed by atoms with van der Waals surface area (Å²) < 4.78 is 0. The highest BCUT2D eigenvalue weighted by Crippen LogP contribution is 2.12. The van der Waals surface area contributed by atoms with E-state index in [9.17, 15) is 4.79 Å². The van der Waals surface area contributed by atoms with Crippen molar-refractivity contribution in [1.29, 1.82) is 0 Å². The summed E-state index contributed by atoms with van der Waals surface area (Å²) in [6.45, 7) is 2.01. The molecule has 4 nitrogen and oxygen atoms in total. The molecule has 0 atom stereocenters. The molecule has 1 amide bonds. The number of aryl methyl sites for hydroxylation is 1. The maximum absolute atomic E-state index is 12.1. The Morgan fingerprint density at radius 1 is 1.11 bits per heavy atom. The lowest BCUT2D eigenvalue weighted by molar-refractivity contribution is 0.102. The van der Waals surface area contributed by atoms with Crippen LogP contribution in [0.3, 0.4) is 0 Å². The topological polar surface area (TPSA) is 45.2 Å². The number of hydrogen-bond acceptors (Lipinski definition) is 3. The summed E-state index contributed by atoms with van der Waals surface area (Å²) in [7, 11) is 3.79. The first-order valence-corrected chi connectivity index (χ1v) is 6.08. The maximum atomic E-state index is 12.1. The van der Waals surface area contributed by atoms with Gasteiger partial charge in [0.2, 0.25) is 0 Å². The highest BCUT2D eigenvalue weighted by Gasteiger charge is 2.09. The first-order valence-electron chi connectivity index (χ1n) is 6.08. The van der Waals surface area contributed by atoms with E-state index in [4.69, 9.17) is 0 Å². The Balaban J connectivity index is 2.15. The van der Waals surface area contributed by atoms with Gasteiger partial charge in [-0.1, -0.05) is 23.8 Å². The molecule has 1 heterocycles. The fraction of sp³-hybridized carbons (Fsp3) is 0.200. The summed E-state index contributed by atoms with van der Waals surface area (Å²) in [5.74, 6) is 0.559. The summed E-state index contributed by atoms with van der Waals surface area (Å²) in [6.07, 6.45) is 0. The van der Waals surface area contributed by atoms with Crippen LogP contribution in [0.2, 0.25) is 0 Å². The van der Waals surface area contributed by atoms with Crippen LogP contribution in [0.5, 0.6) is 0 Å². The third-order valence-electron chi connectivity index (χ3n) is 2.73. The quantitative estimate of drug-likeness (QED) is 0.917. The third kappa shape index (κ3) is 3.31. The zero-order valence-electron chi connectivity index (χ0n) is 11.3. The van der Waals surface area contributed by atoms with Crippen molar-refractivity contribution in [3.05, 3.63) is 53.7 Å². The number of carbonyl (C=O) groups excluding carboxylic acids is 1. The van der Waals surface area contributed by atoms with Gasteiger partial charge in [-0.3, -0.25) is 4.79 Å². The van der Waals surface area contributed by atoms with Gasteiger partial charge in [-0.2, -0.15) is 0 Å². The first-order chi connectivity index (χ1) is 9.06. The van der Waals surface area contributed by atoms with Crippen molar-refractivity contribution in [3.8, 4) is 0 Å². The second kappa shape index (κ2) is 5.52. The number of benzene rings is 1. The van der Waals surface area contributed by atoms with E-state index in [0.29, 0.717) is 5.69 Å².